The number of likely N-dealkylation sites (tertiary alicyclic amines) is 1. The van der Waals surface area contributed by atoms with Crippen molar-refractivity contribution in [1.82, 2.24) is 29.7 Å². The first-order valence-corrected chi connectivity index (χ1v) is 14.4. The molecular weight excluding hydrogens is 575 g/mol. The highest BCUT2D eigenvalue weighted by Gasteiger charge is 2.34. The number of halogens is 2. The topological polar surface area (TPSA) is 78.1 Å². The zero-order valence-corrected chi connectivity index (χ0v) is 25.0. The number of para-hydroxylation sites is 1. The van der Waals surface area contributed by atoms with Gasteiger partial charge < -0.3 is 9.64 Å². The van der Waals surface area contributed by atoms with E-state index in [1.807, 2.05) is 53.2 Å². The fourth-order valence-corrected chi connectivity index (χ4v) is 5.69. The van der Waals surface area contributed by atoms with Gasteiger partial charge in [0.15, 0.2) is 0 Å². The van der Waals surface area contributed by atoms with Gasteiger partial charge in [0.2, 0.25) is 0 Å². The Morgan fingerprint density at radius 3 is 2.65 bits per heavy atom. The third kappa shape index (κ3) is 5.54. The molecule has 210 valence electrons. The minimum Gasteiger partial charge on any atom is -0.493 e. The maximum atomic E-state index is 14.1. The highest BCUT2D eigenvalue weighted by atomic mass is 79.9. The lowest BCUT2D eigenvalue weighted by Gasteiger charge is -2.37. The third-order valence-corrected chi connectivity index (χ3v) is 7.93. The van der Waals surface area contributed by atoms with Gasteiger partial charge in [0, 0.05) is 34.7 Å². The summed E-state index contributed by atoms with van der Waals surface area (Å²) in [5.74, 6) is 0.504. The summed E-state index contributed by atoms with van der Waals surface area (Å²) in [6.45, 7) is 11.3. The quantitative estimate of drug-likeness (QED) is 0.246. The average molecular weight is 610 g/mol. The van der Waals surface area contributed by atoms with Crippen molar-refractivity contribution >= 4 is 21.8 Å². The van der Waals surface area contributed by atoms with E-state index < -0.39 is 0 Å². The van der Waals surface area contributed by atoms with Gasteiger partial charge in [-0.1, -0.05) is 17.3 Å². The molecule has 2 aromatic heterocycles. The molecule has 4 aromatic rings. The third-order valence-electron chi connectivity index (χ3n) is 7.30. The number of nitrogens with zero attached hydrogens (tertiary/aromatic N) is 6. The van der Waals surface area contributed by atoms with Crippen molar-refractivity contribution in [3.8, 4) is 22.7 Å². The van der Waals surface area contributed by atoms with Crippen LogP contribution in [-0.4, -0.2) is 54.8 Å². The summed E-state index contributed by atoms with van der Waals surface area (Å²) in [7, 11) is 0. The van der Waals surface area contributed by atoms with Crippen molar-refractivity contribution in [3.05, 3.63) is 76.4 Å². The molecule has 0 radical (unpaired) electrons. The molecule has 0 bridgehead atoms. The van der Waals surface area contributed by atoms with Crippen LogP contribution in [0.5, 0.6) is 5.75 Å². The Labute approximate surface area is 242 Å². The SMILES string of the molecule is CCOc1ccccc1-c1nn(C(C)(C)C)cc1C(=O)N1CCC(c2cn(-c3ccc(F)cc3Br)nn2)CC1C. The number of hydrogen-bond donors (Lipinski definition) is 0. The number of ether oxygens (including phenoxy) is 1. The maximum absolute atomic E-state index is 14.1. The van der Waals surface area contributed by atoms with Crippen molar-refractivity contribution in [3.63, 3.8) is 0 Å². The van der Waals surface area contributed by atoms with Crippen LogP contribution in [0, 0.1) is 5.82 Å². The Bertz CT molecular complexity index is 1520. The van der Waals surface area contributed by atoms with Gasteiger partial charge in [0.25, 0.3) is 5.91 Å². The zero-order valence-electron chi connectivity index (χ0n) is 23.4. The number of carbonyl (C=O) groups excluding carboxylic acids is 1. The summed E-state index contributed by atoms with van der Waals surface area (Å²) in [5, 5.41) is 13.6. The molecular formula is C30H34BrFN6O2. The molecule has 2 aromatic carbocycles. The standard InChI is InChI=1S/C30H34BrFN6O2/c1-6-40-27-10-8-7-9-22(27)28-23(17-38(34-28)30(3,4)5)29(39)36-14-13-20(15-19(36)2)25-18-37(35-33-25)26-12-11-21(32)16-24(26)31/h7-12,16-20H,6,13-15H2,1-5H3. The Kier molecular flexibility index (Phi) is 7.81. The Hall–Kier alpha value is -3.53. The molecule has 5 rings (SSSR count). The summed E-state index contributed by atoms with van der Waals surface area (Å²) < 4.78 is 23.6. The van der Waals surface area contributed by atoms with Gasteiger partial charge in [0.05, 0.1) is 35.3 Å². The van der Waals surface area contributed by atoms with Gasteiger partial charge in [0.1, 0.15) is 17.3 Å². The Morgan fingerprint density at radius 2 is 1.95 bits per heavy atom. The van der Waals surface area contributed by atoms with E-state index in [9.17, 15) is 9.18 Å². The lowest BCUT2D eigenvalue weighted by Crippen LogP contribution is -2.44. The minimum atomic E-state index is -0.320. The van der Waals surface area contributed by atoms with Crippen LogP contribution in [0.15, 0.2) is 59.3 Å². The molecule has 1 aliphatic heterocycles. The summed E-state index contributed by atoms with van der Waals surface area (Å²) >= 11 is 3.41. The van der Waals surface area contributed by atoms with Gasteiger partial charge in [-0.25, -0.2) is 9.07 Å². The average Bonchev–Trinajstić information content (AvgIpc) is 3.57. The molecule has 10 heteroatoms. The molecule has 3 heterocycles. The molecule has 1 saturated heterocycles. The van der Waals surface area contributed by atoms with Crippen molar-refractivity contribution in [2.75, 3.05) is 13.2 Å². The zero-order chi connectivity index (χ0) is 28.6. The molecule has 1 amide bonds. The molecule has 1 aliphatic rings. The van der Waals surface area contributed by atoms with E-state index in [0.29, 0.717) is 34.6 Å². The first kappa shape index (κ1) is 28.0. The lowest BCUT2D eigenvalue weighted by atomic mass is 9.89. The second kappa shape index (κ2) is 11.2. The fraction of sp³-hybridized carbons (Fsp3) is 0.400. The lowest BCUT2D eigenvalue weighted by molar-refractivity contribution is 0.0615. The van der Waals surface area contributed by atoms with Crippen LogP contribution in [0.4, 0.5) is 4.39 Å². The minimum absolute atomic E-state index is 0.0121. The smallest absolute Gasteiger partial charge is 0.257 e. The normalized spacial score (nSPS) is 17.7. The van der Waals surface area contributed by atoms with Gasteiger partial charge in [-0.2, -0.15) is 5.10 Å². The molecule has 1 fully saturated rings. The van der Waals surface area contributed by atoms with E-state index in [4.69, 9.17) is 9.84 Å². The number of aromatic nitrogens is 5. The summed E-state index contributed by atoms with van der Waals surface area (Å²) in [4.78, 5) is 16.0. The summed E-state index contributed by atoms with van der Waals surface area (Å²) in [6, 6.07) is 12.2. The second-order valence-electron chi connectivity index (χ2n) is 11.2. The second-order valence-corrected chi connectivity index (χ2v) is 12.0. The number of carbonyl (C=O) groups is 1. The van der Waals surface area contributed by atoms with Crippen LogP contribution in [0.3, 0.4) is 0 Å². The van der Waals surface area contributed by atoms with E-state index in [2.05, 4.69) is 53.9 Å². The van der Waals surface area contributed by atoms with Crippen LogP contribution in [0.2, 0.25) is 0 Å². The van der Waals surface area contributed by atoms with Crippen molar-refractivity contribution in [2.24, 2.45) is 0 Å². The van der Waals surface area contributed by atoms with E-state index in [1.54, 1.807) is 10.7 Å². The van der Waals surface area contributed by atoms with Gasteiger partial charge in [-0.15, -0.1) is 5.10 Å². The number of piperidine rings is 1. The molecule has 0 saturated carbocycles. The van der Waals surface area contributed by atoms with E-state index in [1.165, 1.54) is 12.1 Å². The van der Waals surface area contributed by atoms with Crippen LogP contribution in [-0.2, 0) is 5.54 Å². The monoisotopic (exact) mass is 608 g/mol. The highest BCUT2D eigenvalue weighted by molar-refractivity contribution is 9.10. The van der Waals surface area contributed by atoms with Crippen molar-refractivity contribution in [2.45, 2.75) is 65.0 Å². The predicted octanol–water partition coefficient (Wildman–Crippen LogP) is 6.59. The number of rotatable bonds is 6. The molecule has 2 atom stereocenters. The summed E-state index contributed by atoms with van der Waals surface area (Å²) in [5.41, 5.74) is 3.30. The molecule has 2 unspecified atom stereocenters. The van der Waals surface area contributed by atoms with Crippen LogP contribution in [0.25, 0.3) is 16.9 Å². The van der Waals surface area contributed by atoms with Gasteiger partial charge in [-0.3, -0.25) is 9.48 Å². The first-order valence-electron chi connectivity index (χ1n) is 13.6. The molecule has 0 spiro atoms. The Morgan fingerprint density at radius 1 is 1.18 bits per heavy atom. The van der Waals surface area contributed by atoms with Crippen molar-refractivity contribution < 1.29 is 13.9 Å². The number of amides is 1. The van der Waals surface area contributed by atoms with Crippen molar-refractivity contribution in [1.29, 1.82) is 0 Å². The molecule has 0 N–H and O–H groups in total. The van der Waals surface area contributed by atoms with Gasteiger partial charge >= 0.3 is 0 Å². The molecule has 8 nitrogen and oxygen atoms in total. The van der Waals surface area contributed by atoms with E-state index in [-0.39, 0.29) is 29.2 Å². The number of hydrogen-bond acceptors (Lipinski definition) is 5. The van der Waals surface area contributed by atoms with Crippen LogP contribution < -0.4 is 4.74 Å². The molecule has 0 aliphatic carbocycles. The maximum Gasteiger partial charge on any atom is 0.257 e. The van der Waals surface area contributed by atoms with Crippen LogP contribution >= 0.6 is 15.9 Å². The predicted molar refractivity (Wildman–Crippen MR) is 155 cm³/mol. The highest BCUT2D eigenvalue weighted by Crippen LogP contribution is 2.36. The van der Waals surface area contributed by atoms with E-state index in [0.717, 1.165) is 29.8 Å². The first-order chi connectivity index (χ1) is 19.1. The summed E-state index contributed by atoms with van der Waals surface area (Å²) in [6.07, 6.45) is 5.28. The van der Waals surface area contributed by atoms with Gasteiger partial charge in [-0.05, 0) is 93.7 Å². The van der Waals surface area contributed by atoms with Crippen LogP contribution in [0.1, 0.15) is 69.4 Å². The van der Waals surface area contributed by atoms with E-state index >= 15 is 0 Å². The number of benzene rings is 2. The Balaban J connectivity index is 1.39. The fourth-order valence-electron chi connectivity index (χ4n) is 5.16. The largest absolute Gasteiger partial charge is 0.493 e. The molecule has 40 heavy (non-hydrogen) atoms.